The molecule has 3 heterocycles. The van der Waals surface area contributed by atoms with Crippen molar-refractivity contribution in [1.29, 1.82) is 0 Å². The van der Waals surface area contributed by atoms with Crippen LogP contribution in [0, 0.1) is 18.7 Å². The summed E-state index contributed by atoms with van der Waals surface area (Å²) in [5.74, 6) is -0.696. The van der Waals surface area contributed by atoms with Crippen LogP contribution in [0.15, 0.2) is 34.5 Å². The first kappa shape index (κ1) is 20.5. The first-order valence-corrected chi connectivity index (χ1v) is 12.2. The van der Waals surface area contributed by atoms with Gasteiger partial charge >= 0.3 is 0 Å². The van der Waals surface area contributed by atoms with Gasteiger partial charge in [-0.3, -0.25) is 4.79 Å². The lowest BCUT2D eigenvalue weighted by molar-refractivity contribution is -0.139. The summed E-state index contributed by atoms with van der Waals surface area (Å²) in [6.45, 7) is 5.02. The molecule has 0 saturated carbocycles. The lowest BCUT2D eigenvalue weighted by atomic mass is 9.90. The molecule has 0 radical (unpaired) electrons. The minimum Gasteiger partial charge on any atom is -0.335 e. The molecule has 1 saturated heterocycles. The minimum atomic E-state index is -3.57. The maximum Gasteiger partial charge on any atom is 0.252 e. The summed E-state index contributed by atoms with van der Waals surface area (Å²) in [6.07, 6.45) is 2.02. The monoisotopic (exact) mass is 436 g/mol. The summed E-state index contributed by atoms with van der Waals surface area (Å²) in [5.41, 5.74) is 1.92. The van der Waals surface area contributed by atoms with E-state index < -0.39 is 10.0 Å². The number of hydrogen-bond acceptors (Lipinski definition) is 4. The van der Waals surface area contributed by atoms with Crippen LogP contribution < -0.4 is 0 Å². The summed E-state index contributed by atoms with van der Waals surface area (Å²) < 4.78 is 41.5. The number of rotatable bonds is 3. The number of halogens is 1. The molecule has 29 heavy (non-hydrogen) atoms. The summed E-state index contributed by atoms with van der Waals surface area (Å²) in [7, 11) is -3.57. The molecule has 2 aromatic rings. The van der Waals surface area contributed by atoms with Crippen molar-refractivity contribution in [3.05, 3.63) is 52.2 Å². The number of nitrogens with zero attached hydrogens (tertiary/aromatic N) is 2. The molecule has 0 spiro atoms. The molecule has 1 aromatic carbocycles. The standard InChI is InChI=1S/C21H25FN2O3S2/c1-14-5-8-20(28-14)29(26,27)23-10-3-4-17(13-23)21(25)24-11-9-16-6-7-18(22)12-19(16)15(24)2/h5-8,12,15,17H,3-4,9-11,13H2,1-2H3. The van der Waals surface area contributed by atoms with Crippen LogP contribution in [0.2, 0.25) is 0 Å². The van der Waals surface area contributed by atoms with Gasteiger partial charge in [-0.05, 0) is 68.5 Å². The second-order valence-corrected chi connectivity index (χ2v) is 11.3. The molecule has 1 fully saturated rings. The molecule has 1 aromatic heterocycles. The van der Waals surface area contributed by atoms with Crippen LogP contribution in [0.25, 0.3) is 0 Å². The number of piperidine rings is 1. The number of benzene rings is 1. The highest BCUT2D eigenvalue weighted by molar-refractivity contribution is 7.91. The second-order valence-electron chi connectivity index (χ2n) is 7.87. The van der Waals surface area contributed by atoms with E-state index in [9.17, 15) is 17.6 Å². The average molecular weight is 437 g/mol. The van der Waals surface area contributed by atoms with Crippen molar-refractivity contribution < 1.29 is 17.6 Å². The topological polar surface area (TPSA) is 57.7 Å². The van der Waals surface area contributed by atoms with Crippen molar-refractivity contribution in [1.82, 2.24) is 9.21 Å². The normalized spacial score (nSPS) is 23.1. The van der Waals surface area contributed by atoms with Gasteiger partial charge in [-0.25, -0.2) is 12.8 Å². The fourth-order valence-electron chi connectivity index (χ4n) is 4.36. The second kappa shape index (κ2) is 7.81. The lowest BCUT2D eigenvalue weighted by Gasteiger charge is -2.39. The number of hydrogen-bond donors (Lipinski definition) is 0. The van der Waals surface area contributed by atoms with Crippen LogP contribution in [0.3, 0.4) is 0 Å². The molecule has 4 rings (SSSR count). The van der Waals surface area contributed by atoms with Gasteiger partial charge in [-0.15, -0.1) is 11.3 Å². The lowest BCUT2D eigenvalue weighted by Crippen LogP contribution is -2.48. The zero-order valence-electron chi connectivity index (χ0n) is 16.6. The van der Waals surface area contributed by atoms with Gasteiger partial charge < -0.3 is 4.90 Å². The number of amides is 1. The molecule has 0 bridgehead atoms. The Morgan fingerprint density at radius 2 is 2.00 bits per heavy atom. The molecule has 0 N–H and O–H groups in total. The van der Waals surface area contributed by atoms with E-state index in [1.807, 2.05) is 13.8 Å². The van der Waals surface area contributed by atoms with Gasteiger partial charge in [0, 0.05) is 24.5 Å². The van der Waals surface area contributed by atoms with Crippen LogP contribution in [0.1, 0.15) is 41.8 Å². The highest BCUT2D eigenvalue weighted by Crippen LogP contribution is 2.34. The number of carbonyl (C=O) groups excluding carboxylic acids is 1. The predicted molar refractivity (Wildman–Crippen MR) is 111 cm³/mol. The van der Waals surface area contributed by atoms with Gasteiger partial charge in [0.05, 0.1) is 12.0 Å². The van der Waals surface area contributed by atoms with Crippen molar-refractivity contribution in [2.24, 2.45) is 5.92 Å². The number of carbonyl (C=O) groups is 1. The fraction of sp³-hybridized carbons (Fsp3) is 0.476. The van der Waals surface area contributed by atoms with Crippen molar-refractivity contribution >= 4 is 27.3 Å². The Balaban J connectivity index is 1.52. The van der Waals surface area contributed by atoms with E-state index in [1.54, 1.807) is 23.1 Å². The van der Waals surface area contributed by atoms with E-state index in [0.29, 0.717) is 36.6 Å². The zero-order chi connectivity index (χ0) is 20.8. The van der Waals surface area contributed by atoms with Gasteiger partial charge in [-0.1, -0.05) is 6.07 Å². The molecular weight excluding hydrogens is 411 g/mol. The van der Waals surface area contributed by atoms with Gasteiger partial charge in [0.15, 0.2) is 0 Å². The van der Waals surface area contributed by atoms with Gasteiger partial charge in [0.25, 0.3) is 10.0 Å². The van der Waals surface area contributed by atoms with Crippen molar-refractivity contribution in [3.8, 4) is 0 Å². The molecule has 5 nitrogen and oxygen atoms in total. The van der Waals surface area contributed by atoms with Gasteiger partial charge in [0.2, 0.25) is 5.91 Å². The Hall–Kier alpha value is -1.77. The molecule has 2 unspecified atom stereocenters. The highest BCUT2D eigenvalue weighted by Gasteiger charge is 2.38. The third-order valence-electron chi connectivity index (χ3n) is 5.97. The van der Waals surface area contributed by atoms with E-state index in [0.717, 1.165) is 16.0 Å². The zero-order valence-corrected chi connectivity index (χ0v) is 18.2. The SMILES string of the molecule is Cc1ccc(S(=O)(=O)N2CCCC(C(=O)N3CCc4ccc(F)cc4C3C)C2)s1. The van der Waals surface area contributed by atoms with Gasteiger partial charge in [0.1, 0.15) is 10.0 Å². The molecular formula is C21H25FN2O3S2. The molecule has 8 heteroatoms. The predicted octanol–water partition coefficient (Wildman–Crippen LogP) is 3.74. The number of aryl methyl sites for hydroxylation is 1. The molecule has 2 aliphatic rings. The van der Waals surface area contributed by atoms with E-state index in [4.69, 9.17) is 0 Å². The highest BCUT2D eigenvalue weighted by atomic mass is 32.2. The van der Waals surface area contributed by atoms with E-state index >= 15 is 0 Å². The molecule has 0 aliphatic carbocycles. The summed E-state index contributed by atoms with van der Waals surface area (Å²) in [6, 6.07) is 7.99. The van der Waals surface area contributed by atoms with E-state index in [-0.39, 0.29) is 30.2 Å². The van der Waals surface area contributed by atoms with Gasteiger partial charge in [-0.2, -0.15) is 4.31 Å². The van der Waals surface area contributed by atoms with Crippen LogP contribution in [0.4, 0.5) is 4.39 Å². The third kappa shape index (κ3) is 3.85. The van der Waals surface area contributed by atoms with E-state index in [1.165, 1.54) is 27.8 Å². The number of fused-ring (bicyclic) bond motifs is 1. The molecule has 2 atom stereocenters. The fourth-order valence-corrected chi connectivity index (χ4v) is 7.32. The maximum atomic E-state index is 13.7. The first-order chi connectivity index (χ1) is 13.8. The maximum absolute atomic E-state index is 13.7. The quantitative estimate of drug-likeness (QED) is 0.737. The molecule has 1 amide bonds. The largest absolute Gasteiger partial charge is 0.335 e. The Morgan fingerprint density at radius 3 is 2.72 bits per heavy atom. The number of thiophene rings is 1. The summed E-state index contributed by atoms with van der Waals surface area (Å²) >= 11 is 1.26. The van der Waals surface area contributed by atoms with Crippen LogP contribution in [-0.2, 0) is 21.2 Å². The van der Waals surface area contributed by atoms with Crippen molar-refractivity contribution in [2.45, 2.75) is 43.4 Å². The number of sulfonamides is 1. The molecule has 2 aliphatic heterocycles. The Bertz CT molecular complexity index is 1030. The Labute approximate surface area is 175 Å². The van der Waals surface area contributed by atoms with Crippen molar-refractivity contribution in [2.75, 3.05) is 19.6 Å². The smallest absolute Gasteiger partial charge is 0.252 e. The van der Waals surface area contributed by atoms with Crippen LogP contribution in [-0.4, -0.2) is 43.2 Å². The van der Waals surface area contributed by atoms with Crippen LogP contribution in [0.5, 0.6) is 0 Å². The van der Waals surface area contributed by atoms with E-state index in [2.05, 4.69) is 0 Å². The Morgan fingerprint density at radius 1 is 1.21 bits per heavy atom. The van der Waals surface area contributed by atoms with Crippen molar-refractivity contribution in [3.63, 3.8) is 0 Å². The Kier molecular flexibility index (Phi) is 5.52. The minimum absolute atomic E-state index is 0.0327. The summed E-state index contributed by atoms with van der Waals surface area (Å²) in [5, 5.41) is 0. The first-order valence-electron chi connectivity index (χ1n) is 9.93. The average Bonchev–Trinajstić information content (AvgIpc) is 3.15. The third-order valence-corrected chi connectivity index (χ3v) is 9.31. The van der Waals surface area contributed by atoms with Crippen LogP contribution >= 0.6 is 11.3 Å². The summed E-state index contributed by atoms with van der Waals surface area (Å²) in [4.78, 5) is 16.0. The molecule has 156 valence electrons.